The summed E-state index contributed by atoms with van der Waals surface area (Å²) in [6.07, 6.45) is 8.96. The van der Waals surface area contributed by atoms with Crippen molar-refractivity contribution in [2.24, 2.45) is 17.6 Å². The molecule has 2 aliphatic carbocycles. The summed E-state index contributed by atoms with van der Waals surface area (Å²) in [6, 6.07) is 0.803. The van der Waals surface area contributed by atoms with Gasteiger partial charge in [0.15, 0.2) is 0 Å². The summed E-state index contributed by atoms with van der Waals surface area (Å²) in [5.41, 5.74) is 5.93. The summed E-state index contributed by atoms with van der Waals surface area (Å²) in [5, 5.41) is 0. The van der Waals surface area contributed by atoms with Crippen LogP contribution in [0.5, 0.6) is 0 Å². The van der Waals surface area contributed by atoms with E-state index in [-0.39, 0.29) is 0 Å². The van der Waals surface area contributed by atoms with Crippen molar-refractivity contribution in [2.75, 3.05) is 7.05 Å². The number of nitrogens with two attached hydrogens (primary N) is 1. The summed E-state index contributed by atoms with van der Waals surface area (Å²) in [5.74, 6) is 1.50. The van der Waals surface area contributed by atoms with E-state index in [2.05, 4.69) is 6.92 Å². The number of hydrogen-bond acceptors (Lipinski definition) is 2. The van der Waals surface area contributed by atoms with E-state index in [4.69, 9.17) is 5.73 Å². The fraction of sp³-hybridized carbons (Fsp3) is 0.933. The second-order valence-electron chi connectivity index (χ2n) is 6.47. The van der Waals surface area contributed by atoms with E-state index in [0.29, 0.717) is 23.9 Å². The molecule has 0 saturated heterocycles. The number of amides is 1. The highest BCUT2D eigenvalue weighted by Gasteiger charge is 2.31. The molecule has 3 heteroatoms. The molecule has 3 nitrogen and oxygen atoms in total. The summed E-state index contributed by atoms with van der Waals surface area (Å²) in [4.78, 5) is 14.5. The molecule has 0 aromatic heterocycles. The molecule has 0 atom stereocenters. The molecule has 0 spiro atoms. The Morgan fingerprint density at radius 1 is 1.00 bits per heavy atom. The lowest BCUT2D eigenvalue weighted by molar-refractivity contribution is -0.138. The Kier molecular flexibility index (Phi) is 4.66. The average molecular weight is 252 g/mol. The number of hydrogen-bond donors (Lipinski definition) is 1. The number of nitrogens with zero attached hydrogens (tertiary/aromatic N) is 1. The predicted octanol–water partition coefficient (Wildman–Crippen LogP) is 2.54. The molecular weight excluding hydrogens is 224 g/mol. The highest BCUT2D eigenvalue weighted by atomic mass is 16.2. The van der Waals surface area contributed by atoms with E-state index in [0.717, 1.165) is 44.4 Å². The molecule has 0 aliphatic heterocycles. The van der Waals surface area contributed by atoms with Crippen LogP contribution in [0.4, 0.5) is 0 Å². The topological polar surface area (TPSA) is 46.3 Å². The van der Waals surface area contributed by atoms with Crippen molar-refractivity contribution < 1.29 is 4.79 Å². The van der Waals surface area contributed by atoms with Crippen LogP contribution in [0.3, 0.4) is 0 Å². The Bertz CT molecular complexity index is 276. The second kappa shape index (κ2) is 6.05. The molecule has 1 amide bonds. The third kappa shape index (κ3) is 3.25. The van der Waals surface area contributed by atoms with Gasteiger partial charge >= 0.3 is 0 Å². The maximum atomic E-state index is 12.5. The Morgan fingerprint density at radius 2 is 1.56 bits per heavy atom. The van der Waals surface area contributed by atoms with Crippen LogP contribution < -0.4 is 5.73 Å². The molecule has 0 aromatic carbocycles. The zero-order valence-corrected chi connectivity index (χ0v) is 11.9. The average Bonchev–Trinajstić information content (AvgIpc) is 2.39. The lowest BCUT2D eigenvalue weighted by Gasteiger charge is -2.36. The molecule has 0 unspecified atom stereocenters. The highest BCUT2D eigenvalue weighted by molar-refractivity contribution is 5.79. The summed E-state index contributed by atoms with van der Waals surface area (Å²) >= 11 is 0. The molecule has 0 heterocycles. The van der Waals surface area contributed by atoms with Crippen LogP contribution in [0.15, 0.2) is 0 Å². The Labute approximate surface area is 111 Å². The first-order chi connectivity index (χ1) is 8.58. The monoisotopic (exact) mass is 252 g/mol. The third-order valence-electron chi connectivity index (χ3n) is 5.00. The van der Waals surface area contributed by atoms with E-state index in [9.17, 15) is 4.79 Å². The maximum absolute atomic E-state index is 12.5. The summed E-state index contributed by atoms with van der Waals surface area (Å²) in [7, 11) is 2.00. The number of carbonyl (C=O) groups excluding carboxylic acids is 1. The normalized spacial score (nSPS) is 37.3. The van der Waals surface area contributed by atoms with Crippen molar-refractivity contribution in [3.8, 4) is 0 Å². The van der Waals surface area contributed by atoms with Crippen LogP contribution in [0.25, 0.3) is 0 Å². The van der Waals surface area contributed by atoms with Gasteiger partial charge in [-0.3, -0.25) is 4.79 Å². The molecule has 2 rings (SSSR count). The van der Waals surface area contributed by atoms with Crippen molar-refractivity contribution in [3.63, 3.8) is 0 Å². The molecule has 2 N–H and O–H groups in total. The lowest BCUT2D eigenvalue weighted by Crippen LogP contribution is -2.44. The van der Waals surface area contributed by atoms with Crippen molar-refractivity contribution in [1.82, 2.24) is 4.90 Å². The van der Waals surface area contributed by atoms with Gasteiger partial charge in [-0.2, -0.15) is 0 Å². The molecular formula is C15H28N2O. The molecule has 0 radical (unpaired) electrons. The highest BCUT2D eigenvalue weighted by Crippen LogP contribution is 2.31. The fourth-order valence-corrected chi connectivity index (χ4v) is 3.46. The van der Waals surface area contributed by atoms with E-state index < -0.39 is 0 Å². The van der Waals surface area contributed by atoms with Gasteiger partial charge in [0.25, 0.3) is 0 Å². The zero-order chi connectivity index (χ0) is 13.1. The van der Waals surface area contributed by atoms with Crippen molar-refractivity contribution in [3.05, 3.63) is 0 Å². The standard InChI is InChI=1S/C15H28N2O/c1-11-3-5-12(6-4-11)15(18)17(2)14-9-7-13(16)8-10-14/h11-14H,3-10,16H2,1-2H3. The third-order valence-corrected chi connectivity index (χ3v) is 5.00. The number of carbonyl (C=O) groups is 1. The zero-order valence-electron chi connectivity index (χ0n) is 11.9. The first-order valence-electron chi connectivity index (χ1n) is 7.60. The van der Waals surface area contributed by atoms with Crippen LogP contribution in [-0.2, 0) is 4.79 Å². The van der Waals surface area contributed by atoms with E-state index >= 15 is 0 Å². The Hall–Kier alpha value is -0.570. The van der Waals surface area contributed by atoms with Gasteiger partial charge in [0.05, 0.1) is 0 Å². The molecule has 2 aliphatic rings. The maximum Gasteiger partial charge on any atom is 0.225 e. The largest absolute Gasteiger partial charge is 0.343 e. The molecule has 0 bridgehead atoms. The van der Waals surface area contributed by atoms with Crippen LogP contribution >= 0.6 is 0 Å². The first kappa shape index (κ1) is 13.9. The van der Waals surface area contributed by atoms with E-state index in [1.165, 1.54) is 12.8 Å². The van der Waals surface area contributed by atoms with Crippen LogP contribution in [0.1, 0.15) is 58.3 Å². The smallest absolute Gasteiger partial charge is 0.225 e. The van der Waals surface area contributed by atoms with Crippen molar-refractivity contribution in [2.45, 2.75) is 70.4 Å². The van der Waals surface area contributed by atoms with E-state index in [1.807, 2.05) is 11.9 Å². The summed E-state index contributed by atoms with van der Waals surface area (Å²) < 4.78 is 0. The van der Waals surface area contributed by atoms with Gasteiger partial charge in [-0.1, -0.05) is 6.92 Å². The minimum atomic E-state index is 0.293. The van der Waals surface area contributed by atoms with Gasteiger partial charge in [-0.25, -0.2) is 0 Å². The summed E-state index contributed by atoms with van der Waals surface area (Å²) in [6.45, 7) is 2.30. The molecule has 2 fully saturated rings. The van der Waals surface area contributed by atoms with Crippen LogP contribution in [-0.4, -0.2) is 29.9 Å². The minimum absolute atomic E-state index is 0.293. The lowest BCUT2D eigenvalue weighted by atomic mass is 9.81. The minimum Gasteiger partial charge on any atom is -0.343 e. The van der Waals surface area contributed by atoms with Crippen LogP contribution in [0, 0.1) is 11.8 Å². The SMILES string of the molecule is CC1CCC(C(=O)N(C)C2CCC(N)CC2)CC1. The molecule has 2 saturated carbocycles. The van der Waals surface area contributed by atoms with Gasteiger partial charge < -0.3 is 10.6 Å². The molecule has 18 heavy (non-hydrogen) atoms. The van der Waals surface area contributed by atoms with Crippen molar-refractivity contribution >= 4 is 5.91 Å². The van der Waals surface area contributed by atoms with Gasteiger partial charge in [0.1, 0.15) is 0 Å². The van der Waals surface area contributed by atoms with Gasteiger partial charge in [0.2, 0.25) is 5.91 Å². The molecule has 104 valence electrons. The van der Waals surface area contributed by atoms with Crippen molar-refractivity contribution in [1.29, 1.82) is 0 Å². The second-order valence-corrected chi connectivity index (χ2v) is 6.47. The van der Waals surface area contributed by atoms with Gasteiger partial charge in [-0.15, -0.1) is 0 Å². The predicted molar refractivity (Wildman–Crippen MR) is 74.1 cm³/mol. The van der Waals surface area contributed by atoms with Gasteiger partial charge in [0, 0.05) is 25.0 Å². The van der Waals surface area contributed by atoms with Crippen LogP contribution in [0.2, 0.25) is 0 Å². The Balaban J connectivity index is 1.84. The Morgan fingerprint density at radius 3 is 2.11 bits per heavy atom. The first-order valence-corrected chi connectivity index (χ1v) is 7.60. The quantitative estimate of drug-likeness (QED) is 0.821. The van der Waals surface area contributed by atoms with Gasteiger partial charge in [-0.05, 0) is 57.3 Å². The van der Waals surface area contributed by atoms with E-state index in [1.54, 1.807) is 0 Å². The fourth-order valence-electron chi connectivity index (χ4n) is 3.46. The molecule has 0 aromatic rings. The number of rotatable bonds is 2.